The number of nitrogens with zero attached hydrogens (tertiary/aromatic N) is 3. The van der Waals surface area contributed by atoms with Crippen molar-refractivity contribution in [1.82, 2.24) is 14.7 Å². The van der Waals surface area contributed by atoms with E-state index in [1.54, 1.807) is 41.3 Å². The number of benzene rings is 1. The fraction of sp³-hybridized carbons (Fsp3) is 0.154. The van der Waals surface area contributed by atoms with Gasteiger partial charge in [-0.3, -0.25) is 19.2 Å². The van der Waals surface area contributed by atoms with Gasteiger partial charge in [0.2, 0.25) is 0 Å². The van der Waals surface area contributed by atoms with Gasteiger partial charge in [-0.05, 0) is 18.2 Å². The van der Waals surface area contributed by atoms with Crippen molar-refractivity contribution in [1.29, 1.82) is 0 Å². The van der Waals surface area contributed by atoms with Crippen LogP contribution in [0.4, 0.5) is 5.69 Å². The Morgan fingerprint density at radius 2 is 1.95 bits per heavy atom. The fourth-order valence-electron chi connectivity index (χ4n) is 2.20. The molecule has 96 valence electrons. The molecule has 1 aromatic carbocycles. The van der Waals surface area contributed by atoms with Crippen molar-refractivity contribution in [2.75, 3.05) is 12.3 Å². The molecule has 0 unspecified atom stereocenters. The standard InChI is InChI=1S/C13H12N4O2/c14-10-4-1-3-9-11(10)13(19)17(12(9)18)8-7-16-6-2-5-15-16/h1-6H,7-8,14H2. The average molecular weight is 256 g/mol. The zero-order valence-electron chi connectivity index (χ0n) is 10.1. The van der Waals surface area contributed by atoms with Crippen LogP contribution in [0.2, 0.25) is 0 Å². The van der Waals surface area contributed by atoms with Gasteiger partial charge in [-0.1, -0.05) is 6.07 Å². The van der Waals surface area contributed by atoms with Gasteiger partial charge in [0.1, 0.15) is 0 Å². The van der Waals surface area contributed by atoms with E-state index in [0.717, 1.165) is 0 Å². The van der Waals surface area contributed by atoms with Gasteiger partial charge in [0, 0.05) is 24.6 Å². The summed E-state index contributed by atoms with van der Waals surface area (Å²) in [6, 6.07) is 6.72. The van der Waals surface area contributed by atoms with Crippen LogP contribution in [0, 0.1) is 0 Å². The SMILES string of the molecule is Nc1cccc2c1C(=O)N(CCn1cccn1)C2=O. The number of anilines is 1. The summed E-state index contributed by atoms with van der Waals surface area (Å²) < 4.78 is 1.67. The lowest BCUT2D eigenvalue weighted by molar-refractivity contribution is 0.0648. The summed E-state index contributed by atoms with van der Waals surface area (Å²) in [6.45, 7) is 0.756. The van der Waals surface area contributed by atoms with E-state index in [-0.39, 0.29) is 18.4 Å². The van der Waals surface area contributed by atoms with Crippen LogP contribution in [0.1, 0.15) is 20.7 Å². The molecule has 6 heteroatoms. The number of nitrogen functional groups attached to an aromatic ring is 1. The average Bonchev–Trinajstić information content (AvgIpc) is 2.98. The normalized spacial score (nSPS) is 14.0. The first-order valence-electron chi connectivity index (χ1n) is 5.90. The van der Waals surface area contributed by atoms with Crippen LogP contribution >= 0.6 is 0 Å². The van der Waals surface area contributed by atoms with Crippen LogP contribution < -0.4 is 5.73 Å². The topological polar surface area (TPSA) is 81.2 Å². The van der Waals surface area contributed by atoms with Crippen molar-refractivity contribution < 1.29 is 9.59 Å². The molecule has 0 saturated carbocycles. The largest absolute Gasteiger partial charge is 0.398 e. The zero-order valence-corrected chi connectivity index (χ0v) is 10.1. The second kappa shape index (κ2) is 4.24. The predicted molar refractivity (Wildman–Crippen MR) is 68.4 cm³/mol. The Balaban J connectivity index is 1.84. The lowest BCUT2D eigenvalue weighted by Gasteiger charge is -2.13. The smallest absolute Gasteiger partial charge is 0.263 e. The maximum atomic E-state index is 12.2. The van der Waals surface area contributed by atoms with Crippen LogP contribution in [0.15, 0.2) is 36.7 Å². The maximum Gasteiger partial charge on any atom is 0.263 e. The molecule has 0 atom stereocenters. The molecule has 1 aliphatic heterocycles. The minimum atomic E-state index is -0.328. The maximum absolute atomic E-state index is 12.2. The molecule has 0 radical (unpaired) electrons. The number of rotatable bonds is 3. The molecule has 0 bridgehead atoms. The highest BCUT2D eigenvalue weighted by molar-refractivity contribution is 6.23. The summed E-state index contributed by atoms with van der Waals surface area (Å²) >= 11 is 0. The Morgan fingerprint density at radius 3 is 2.63 bits per heavy atom. The van der Waals surface area contributed by atoms with Crippen LogP contribution in [0.5, 0.6) is 0 Å². The monoisotopic (exact) mass is 256 g/mol. The number of fused-ring (bicyclic) bond motifs is 1. The number of aromatic nitrogens is 2. The molecule has 19 heavy (non-hydrogen) atoms. The van der Waals surface area contributed by atoms with Crippen LogP contribution in [0.3, 0.4) is 0 Å². The fourth-order valence-corrected chi connectivity index (χ4v) is 2.20. The van der Waals surface area contributed by atoms with Gasteiger partial charge in [0.05, 0.1) is 17.7 Å². The second-order valence-corrected chi connectivity index (χ2v) is 4.30. The number of hydrogen-bond donors (Lipinski definition) is 1. The van der Waals surface area contributed by atoms with Gasteiger partial charge in [0.25, 0.3) is 11.8 Å². The summed E-state index contributed by atoms with van der Waals surface area (Å²) in [4.78, 5) is 25.5. The minimum Gasteiger partial charge on any atom is -0.398 e. The van der Waals surface area contributed by atoms with Gasteiger partial charge in [0.15, 0.2) is 0 Å². The summed E-state index contributed by atoms with van der Waals surface area (Å²) in [7, 11) is 0. The molecular formula is C13H12N4O2. The van der Waals surface area contributed by atoms with Crippen molar-refractivity contribution in [3.8, 4) is 0 Å². The molecule has 6 nitrogen and oxygen atoms in total. The highest BCUT2D eigenvalue weighted by Crippen LogP contribution is 2.27. The minimum absolute atomic E-state index is 0.285. The third-order valence-electron chi connectivity index (χ3n) is 3.14. The van der Waals surface area contributed by atoms with E-state index in [2.05, 4.69) is 5.10 Å². The Morgan fingerprint density at radius 1 is 1.11 bits per heavy atom. The van der Waals surface area contributed by atoms with Crippen molar-refractivity contribution in [3.63, 3.8) is 0 Å². The van der Waals surface area contributed by atoms with Crippen molar-refractivity contribution in [3.05, 3.63) is 47.8 Å². The third kappa shape index (κ3) is 1.77. The highest BCUT2D eigenvalue weighted by Gasteiger charge is 2.36. The molecule has 0 aliphatic carbocycles. The van der Waals surface area contributed by atoms with E-state index in [0.29, 0.717) is 23.4 Å². The lowest BCUT2D eigenvalue weighted by atomic mass is 10.1. The number of hydrogen-bond acceptors (Lipinski definition) is 4. The van der Waals surface area contributed by atoms with E-state index < -0.39 is 0 Å². The summed E-state index contributed by atoms with van der Waals surface area (Å²) in [5.41, 5.74) is 6.80. The summed E-state index contributed by atoms with van der Waals surface area (Å²) in [5.74, 6) is -0.621. The number of amides is 2. The molecule has 1 aliphatic rings. The Bertz CT molecular complexity index is 649. The van der Waals surface area contributed by atoms with E-state index in [9.17, 15) is 9.59 Å². The van der Waals surface area contributed by atoms with Crippen molar-refractivity contribution in [2.45, 2.75) is 6.54 Å². The number of nitrogens with two attached hydrogens (primary N) is 1. The van der Waals surface area contributed by atoms with Crippen LogP contribution in [-0.4, -0.2) is 33.0 Å². The second-order valence-electron chi connectivity index (χ2n) is 4.30. The Labute approximate surface area is 109 Å². The van der Waals surface area contributed by atoms with Gasteiger partial charge >= 0.3 is 0 Å². The first-order valence-corrected chi connectivity index (χ1v) is 5.90. The molecule has 2 N–H and O–H groups in total. The van der Waals surface area contributed by atoms with Crippen molar-refractivity contribution in [2.24, 2.45) is 0 Å². The predicted octanol–water partition coefficient (Wildman–Crippen LogP) is 0.762. The lowest BCUT2D eigenvalue weighted by Crippen LogP contribution is -2.33. The first kappa shape index (κ1) is 11.5. The molecule has 3 rings (SSSR count). The molecule has 1 aromatic heterocycles. The summed E-state index contributed by atoms with van der Waals surface area (Å²) in [6.07, 6.45) is 3.44. The van der Waals surface area contributed by atoms with E-state index in [1.165, 1.54) is 4.90 Å². The molecule has 0 spiro atoms. The van der Waals surface area contributed by atoms with E-state index in [1.807, 2.05) is 0 Å². The zero-order chi connectivity index (χ0) is 13.4. The van der Waals surface area contributed by atoms with Gasteiger partial charge in [-0.15, -0.1) is 0 Å². The molecular weight excluding hydrogens is 244 g/mol. The van der Waals surface area contributed by atoms with Gasteiger partial charge in [-0.25, -0.2) is 0 Å². The van der Waals surface area contributed by atoms with Crippen LogP contribution in [0.25, 0.3) is 0 Å². The Hall–Kier alpha value is -2.63. The van der Waals surface area contributed by atoms with E-state index in [4.69, 9.17) is 5.73 Å². The van der Waals surface area contributed by atoms with Crippen LogP contribution in [-0.2, 0) is 6.54 Å². The Kier molecular flexibility index (Phi) is 2.56. The highest BCUT2D eigenvalue weighted by atomic mass is 16.2. The third-order valence-corrected chi connectivity index (χ3v) is 3.14. The summed E-state index contributed by atoms with van der Waals surface area (Å²) in [5, 5.41) is 4.04. The number of carbonyl (C=O) groups excluding carboxylic acids is 2. The molecule has 2 amide bonds. The molecule has 0 saturated heterocycles. The van der Waals surface area contributed by atoms with E-state index >= 15 is 0 Å². The number of carbonyl (C=O) groups is 2. The molecule has 2 aromatic rings. The quantitative estimate of drug-likeness (QED) is 0.649. The van der Waals surface area contributed by atoms with Gasteiger partial charge < -0.3 is 5.73 Å². The molecule has 2 heterocycles. The number of imide groups is 1. The molecule has 0 fully saturated rings. The first-order chi connectivity index (χ1) is 9.18. The van der Waals surface area contributed by atoms with Crippen molar-refractivity contribution >= 4 is 17.5 Å². The van der Waals surface area contributed by atoms with Gasteiger partial charge in [-0.2, -0.15) is 5.10 Å².